The number of rotatable bonds is 6. The number of aldehydes is 1. The molecule has 0 aliphatic rings. The first-order valence-corrected chi connectivity index (χ1v) is 9.73. The van der Waals surface area contributed by atoms with E-state index >= 15 is 0 Å². The van der Waals surface area contributed by atoms with Crippen molar-refractivity contribution >= 4 is 25.0 Å². The number of hydrogen-bond acceptors (Lipinski definition) is 2. The van der Waals surface area contributed by atoms with E-state index in [0.29, 0.717) is 0 Å². The molecule has 23 heavy (non-hydrogen) atoms. The van der Waals surface area contributed by atoms with Crippen LogP contribution in [0.5, 0.6) is 0 Å². The molecule has 1 atom stereocenters. The largest absolute Gasteiger partial charge is 0.394 e. The van der Waals surface area contributed by atoms with Gasteiger partial charge in [0, 0.05) is 0 Å². The highest BCUT2D eigenvalue weighted by molar-refractivity contribution is 6.99. The third-order valence-corrected chi connectivity index (χ3v) is 9.13. The smallest absolute Gasteiger partial charge is 0.262 e. The van der Waals surface area contributed by atoms with Gasteiger partial charge in [-0.25, -0.2) is 0 Å². The van der Waals surface area contributed by atoms with Crippen molar-refractivity contribution in [1.82, 2.24) is 0 Å². The van der Waals surface area contributed by atoms with E-state index in [4.69, 9.17) is 4.43 Å². The van der Waals surface area contributed by atoms with Gasteiger partial charge in [0.05, 0.1) is 0 Å². The minimum atomic E-state index is -2.66. The Morgan fingerprint density at radius 3 is 1.70 bits per heavy atom. The first-order chi connectivity index (χ1) is 11.0. The van der Waals surface area contributed by atoms with Crippen molar-refractivity contribution in [2.45, 2.75) is 31.9 Å². The molecule has 0 spiro atoms. The van der Waals surface area contributed by atoms with Crippen molar-refractivity contribution < 1.29 is 9.22 Å². The molecule has 0 radical (unpaired) electrons. The molecule has 0 heterocycles. The fourth-order valence-corrected chi connectivity index (χ4v) is 7.60. The molecule has 2 aromatic carbocycles. The Hall–Kier alpha value is -1.97. The van der Waals surface area contributed by atoms with Crippen LogP contribution in [0.15, 0.2) is 73.3 Å². The van der Waals surface area contributed by atoms with Gasteiger partial charge in [-0.15, -0.1) is 6.58 Å². The van der Waals surface area contributed by atoms with E-state index in [1.54, 1.807) is 6.08 Å². The van der Waals surface area contributed by atoms with Crippen LogP contribution < -0.4 is 10.4 Å². The molecule has 3 heteroatoms. The number of carbonyl (C=O) groups is 1. The Balaban J connectivity index is 2.74. The molecule has 0 saturated heterocycles. The van der Waals surface area contributed by atoms with Gasteiger partial charge in [0.2, 0.25) is 0 Å². The highest BCUT2D eigenvalue weighted by atomic mass is 28.4. The number of carbonyl (C=O) groups excluding carboxylic acids is 1. The summed E-state index contributed by atoms with van der Waals surface area (Å²) < 4.78 is 6.53. The van der Waals surface area contributed by atoms with E-state index in [9.17, 15) is 4.79 Å². The lowest BCUT2D eigenvalue weighted by molar-refractivity contribution is -0.112. The molecule has 0 aliphatic heterocycles. The summed E-state index contributed by atoms with van der Waals surface area (Å²) in [6.45, 7) is 10.3. The standard InChI is InChI=1S/C20H24O2Si/c1-5-17(16-21)22-23(20(2,3)4,18-12-8-6-9-13-18)19-14-10-7-11-15-19/h5-17H,1H2,2-4H3/t17-/m1/s1. The Bertz CT molecular complexity index is 597. The van der Waals surface area contributed by atoms with Gasteiger partial charge < -0.3 is 9.22 Å². The van der Waals surface area contributed by atoms with Crippen LogP contribution in [0.25, 0.3) is 0 Å². The highest BCUT2D eigenvalue weighted by Gasteiger charge is 2.51. The van der Waals surface area contributed by atoms with Gasteiger partial charge in [0.1, 0.15) is 6.10 Å². The van der Waals surface area contributed by atoms with Crippen molar-refractivity contribution in [3.63, 3.8) is 0 Å². The molecule has 0 unspecified atom stereocenters. The molecule has 120 valence electrons. The quantitative estimate of drug-likeness (QED) is 0.463. The number of hydrogen-bond donors (Lipinski definition) is 0. The van der Waals surface area contributed by atoms with Crippen LogP contribution in [0.2, 0.25) is 5.04 Å². The van der Waals surface area contributed by atoms with Crippen LogP contribution in [0, 0.1) is 0 Å². The van der Waals surface area contributed by atoms with E-state index in [1.165, 1.54) is 0 Å². The molecule has 0 bridgehead atoms. The summed E-state index contributed by atoms with van der Waals surface area (Å²) in [4.78, 5) is 11.4. The minimum Gasteiger partial charge on any atom is -0.394 e. The maximum Gasteiger partial charge on any atom is 0.262 e. The molecule has 0 aliphatic carbocycles. The van der Waals surface area contributed by atoms with Gasteiger partial charge in [-0.05, 0) is 15.4 Å². The summed E-state index contributed by atoms with van der Waals surface area (Å²) in [6, 6.07) is 20.5. The zero-order valence-corrected chi connectivity index (χ0v) is 15.0. The second kappa shape index (κ2) is 7.07. The summed E-state index contributed by atoms with van der Waals surface area (Å²) in [7, 11) is -2.66. The van der Waals surface area contributed by atoms with Crippen LogP contribution >= 0.6 is 0 Å². The molecule has 0 amide bonds. The SMILES string of the molecule is C=C[C@H](C=O)O[Si](c1ccccc1)(c1ccccc1)C(C)(C)C. The van der Waals surface area contributed by atoms with Crippen molar-refractivity contribution in [3.8, 4) is 0 Å². The Morgan fingerprint density at radius 1 is 0.957 bits per heavy atom. The summed E-state index contributed by atoms with van der Waals surface area (Å²) in [6.07, 6.45) is 1.79. The van der Waals surface area contributed by atoms with Crippen LogP contribution in [0.3, 0.4) is 0 Å². The summed E-state index contributed by atoms with van der Waals surface area (Å²) in [5.41, 5.74) is 0. The minimum absolute atomic E-state index is 0.139. The van der Waals surface area contributed by atoms with Crippen LogP contribution in [-0.2, 0) is 9.22 Å². The Morgan fingerprint density at radius 2 is 1.39 bits per heavy atom. The van der Waals surface area contributed by atoms with Crippen LogP contribution in [0.1, 0.15) is 20.8 Å². The molecule has 2 rings (SSSR count). The van der Waals surface area contributed by atoms with E-state index in [0.717, 1.165) is 16.7 Å². The molecular weight excluding hydrogens is 300 g/mol. The topological polar surface area (TPSA) is 26.3 Å². The molecular formula is C20H24O2Si. The first-order valence-electron chi connectivity index (χ1n) is 7.82. The maximum atomic E-state index is 11.4. The third-order valence-electron chi connectivity index (χ3n) is 4.10. The summed E-state index contributed by atoms with van der Waals surface area (Å²) in [5.74, 6) is 0. The molecule has 2 aromatic rings. The van der Waals surface area contributed by atoms with Crippen LogP contribution in [-0.4, -0.2) is 20.7 Å². The predicted octanol–water partition coefficient (Wildman–Crippen LogP) is 3.32. The third kappa shape index (κ3) is 3.36. The molecule has 0 saturated carbocycles. The Kier molecular flexibility index (Phi) is 5.34. The van der Waals surface area contributed by atoms with Gasteiger partial charge >= 0.3 is 0 Å². The molecule has 0 fully saturated rings. The van der Waals surface area contributed by atoms with Gasteiger partial charge in [0.25, 0.3) is 8.32 Å². The highest BCUT2D eigenvalue weighted by Crippen LogP contribution is 2.37. The zero-order valence-electron chi connectivity index (χ0n) is 14.0. The molecule has 2 nitrogen and oxygen atoms in total. The normalized spacial score (nSPS) is 13.3. The lowest BCUT2D eigenvalue weighted by Gasteiger charge is -2.44. The predicted molar refractivity (Wildman–Crippen MR) is 98.8 cm³/mol. The van der Waals surface area contributed by atoms with Crippen molar-refractivity contribution in [1.29, 1.82) is 0 Å². The lowest BCUT2D eigenvalue weighted by Crippen LogP contribution is -2.67. The van der Waals surface area contributed by atoms with E-state index in [2.05, 4.69) is 51.6 Å². The summed E-state index contributed by atoms with van der Waals surface area (Å²) in [5, 5.41) is 2.18. The Labute approximate surface area is 139 Å². The van der Waals surface area contributed by atoms with Gasteiger partial charge in [-0.1, -0.05) is 87.5 Å². The monoisotopic (exact) mass is 324 g/mol. The van der Waals surface area contributed by atoms with E-state index < -0.39 is 14.4 Å². The molecule has 0 N–H and O–H groups in total. The first kappa shape index (κ1) is 17.4. The van der Waals surface area contributed by atoms with E-state index in [1.807, 2.05) is 36.4 Å². The molecule has 0 aromatic heterocycles. The summed E-state index contributed by atoms with van der Waals surface area (Å²) >= 11 is 0. The van der Waals surface area contributed by atoms with Crippen molar-refractivity contribution in [3.05, 3.63) is 73.3 Å². The fourth-order valence-electron chi connectivity index (χ4n) is 3.03. The number of benzene rings is 2. The van der Waals surface area contributed by atoms with Crippen molar-refractivity contribution in [2.75, 3.05) is 0 Å². The van der Waals surface area contributed by atoms with Gasteiger partial charge in [0.15, 0.2) is 6.29 Å². The van der Waals surface area contributed by atoms with Crippen molar-refractivity contribution in [2.24, 2.45) is 0 Å². The fraction of sp³-hybridized carbons (Fsp3) is 0.250. The average Bonchev–Trinajstić information content (AvgIpc) is 2.57. The second-order valence-electron chi connectivity index (χ2n) is 6.62. The van der Waals surface area contributed by atoms with Gasteiger partial charge in [-0.3, -0.25) is 0 Å². The van der Waals surface area contributed by atoms with Crippen LogP contribution in [0.4, 0.5) is 0 Å². The second-order valence-corrected chi connectivity index (χ2v) is 10.9. The maximum absolute atomic E-state index is 11.4. The average molecular weight is 324 g/mol. The lowest BCUT2D eigenvalue weighted by atomic mass is 10.2. The zero-order chi connectivity index (χ0) is 16.9. The van der Waals surface area contributed by atoms with Gasteiger partial charge in [-0.2, -0.15) is 0 Å². The van der Waals surface area contributed by atoms with E-state index in [-0.39, 0.29) is 5.04 Å².